The Morgan fingerprint density at radius 1 is 1.50 bits per heavy atom. The standard InChI is InChI=1S/C10H10NO/c1-7(2)10-8-5-3-4-6-9(8)12-11-10/h3-4,6-7H,1-2H3. The molecule has 0 aliphatic rings. The molecule has 12 heavy (non-hydrogen) atoms. The van der Waals surface area contributed by atoms with Crippen molar-refractivity contribution in [2.75, 3.05) is 0 Å². The van der Waals surface area contributed by atoms with E-state index in [-0.39, 0.29) is 0 Å². The molecule has 61 valence electrons. The van der Waals surface area contributed by atoms with Gasteiger partial charge in [-0.2, -0.15) is 0 Å². The molecule has 1 heterocycles. The van der Waals surface area contributed by atoms with Crippen molar-refractivity contribution in [1.29, 1.82) is 0 Å². The molecular weight excluding hydrogens is 150 g/mol. The van der Waals surface area contributed by atoms with Gasteiger partial charge in [-0.25, -0.2) is 0 Å². The molecule has 1 radical (unpaired) electrons. The van der Waals surface area contributed by atoms with E-state index >= 15 is 0 Å². The smallest absolute Gasteiger partial charge is 0.167 e. The second-order valence-electron chi connectivity index (χ2n) is 3.13. The van der Waals surface area contributed by atoms with Gasteiger partial charge in [0.25, 0.3) is 0 Å². The summed E-state index contributed by atoms with van der Waals surface area (Å²) < 4.78 is 5.13. The van der Waals surface area contributed by atoms with Crippen molar-refractivity contribution in [3.05, 3.63) is 30.0 Å². The van der Waals surface area contributed by atoms with Gasteiger partial charge in [0, 0.05) is 0 Å². The molecule has 0 amide bonds. The molecule has 0 aliphatic carbocycles. The third-order valence-electron chi connectivity index (χ3n) is 1.86. The molecule has 0 spiro atoms. The Balaban J connectivity index is 2.70. The molecule has 1 aromatic heterocycles. The van der Waals surface area contributed by atoms with E-state index in [0.717, 1.165) is 16.7 Å². The lowest BCUT2D eigenvalue weighted by atomic mass is 10.1. The van der Waals surface area contributed by atoms with Crippen LogP contribution in [0.4, 0.5) is 0 Å². The van der Waals surface area contributed by atoms with Crippen LogP contribution in [0.5, 0.6) is 0 Å². The van der Waals surface area contributed by atoms with Crippen molar-refractivity contribution >= 4 is 11.0 Å². The molecule has 0 saturated heterocycles. The maximum absolute atomic E-state index is 5.13. The van der Waals surface area contributed by atoms with Crippen LogP contribution in [0.1, 0.15) is 25.5 Å². The molecule has 0 atom stereocenters. The maximum atomic E-state index is 5.13. The summed E-state index contributed by atoms with van der Waals surface area (Å²) in [5.41, 5.74) is 1.81. The van der Waals surface area contributed by atoms with Crippen molar-refractivity contribution in [3.63, 3.8) is 0 Å². The third kappa shape index (κ3) is 0.998. The number of nitrogens with zero attached hydrogens (tertiary/aromatic N) is 1. The minimum Gasteiger partial charge on any atom is -0.356 e. The Morgan fingerprint density at radius 2 is 2.33 bits per heavy atom. The van der Waals surface area contributed by atoms with Crippen LogP contribution < -0.4 is 0 Å². The second kappa shape index (κ2) is 2.63. The molecule has 0 fully saturated rings. The first-order valence-electron chi connectivity index (χ1n) is 4.05. The first-order chi connectivity index (χ1) is 5.79. The van der Waals surface area contributed by atoms with Crippen molar-refractivity contribution in [2.45, 2.75) is 19.8 Å². The lowest BCUT2D eigenvalue weighted by Gasteiger charge is -1.96. The van der Waals surface area contributed by atoms with E-state index in [9.17, 15) is 0 Å². The Kier molecular flexibility index (Phi) is 1.61. The molecule has 0 unspecified atom stereocenters. The van der Waals surface area contributed by atoms with Crippen LogP contribution in [0.15, 0.2) is 22.7 Å². The summed E-state index contributed by atoms with van der Waals surface area (Å²) in [7, 11) is 0. The molecule has 0 aliphatic heterocycles. The van der Waals surface area contributed by atoms with Crippen molar-refractivity contribution in [2.24, 2.45) is 0 Å². The summed E-state index contributed by atoms with van der Waals surface area (Å²) >= 11 is 0. The Labute approximate surface area is 71.2 Å². The normalized spacial score (nSPS) is 11.2. The lowest BCUT2D eigenvalue weighted by Crippen LogP contribution is -1.86. The summed E-state index contributed by atoms with van der Waals surface area (Å²) in [6.07, 6.45) is 0. The van der Waals surface area contributed by atoms with Gasteiger partial charge in [-0.05, 0) is 18.1 Å². The zero-order valence-electron chi connectivity index (χ0n) is 7.16. The predicted octanol–water partition coefficient (Wildman–Crippen LogP) is 2.75. The number of hydrogen-bond acceptors (Lipinski definition) is 2. The number of fused-ring (bicyclic) bond motifs is 1. The zero-order chi connectivity index (χ0) is 8.55. The Hall–Kier alpha value is -1.31. The van der Waals surface area contributed by atoms with Gasteiger partial charge in [0.15, 0.2) is 5.58 Å². The maximum Gasteiger partial charge on any atom is 0.167 e. The van der Waals surface area contributed by atoms with E-state index in [1.165, 1.54) is 0 Å². The van der Waals surface area contributed by atoms with Gasteiger partial charge >= 0.3 is 0 Å². The first-order valence-corrected chi connectivity index (χ1v) is 4.05. The largest absolute Gasteiger partial charge is 0.356 e. The lowest BCUT2D eigenvalue weighted by molar-refractivity contribution is 0.441. The summed E-state index contributed by atoms with van der Waals surface area (Å²) in [5.74, 6) is 0.393. The highest BCUT2D eigenvalue weighted by atomic mass is 16.5. The molecular formula is C10H10NO. The molecule has 2 aromatic rings. The van der Waals surface area contributed by atoms with E-state index in [1.807, 2.05) is 18.2 Å². The van der Waals surface area contributed by atoms with Gasteiger partial charge in [-0.3, -0.25) is 0 Å². The molecule has 0 saturated carbocycles. The summed E-state index contributed by atoms with van der Waals surface area (Å²) in [6, 6.07) is 8.81. The summed E-state index contributed by atoms with van der Waals surface area (Å²) in [5, 5.41) is 5.00. The minimum absolute atomic E-state index is 0.393. The molecule has 2 heteroatoms. The van der Waals surface area contributed by atoms with Crippen LogP contribution in [0, 0.1) is 6.07 Å². The van der Waals surface area contributed by atoms with Crippen LogP contribution in [0.2, 0.25) is 0 Å². The van der Waals surface area contributed by atoms with Crippen molar-refractivity contribution in [1.82, 2.24) is 5.16 Å². The quantitative estimate of drug-likeness (QED) is 0.641. The second-order valence-corrected chi connectivity index (χ2v) is 3.13. The highest BCUT2D eigenvalue weighted by Crippen LogP contribution is 2.23. The molecule has 0 bridgehead atoms. The van der Waals surface area contributed by atoms with Gasteiger partial charge in [0.05, 0.1) is 11.1 Å². The summed E-state index contributed by atoms with van der Waals surface area (Å²) in [4.78, 5) is 0. The Bertz CT molecular complexity index is 389. The fourth-order valence-corrected chi connectivity index (χ4v) is 1.24. The van der Waals surface area contributed by atoms with Crippen LogP contribution >= 0.6 is 0 Å². The highest BCUT2D eigenvalue weighted by Gasteiger charge is 2.09. The number of aromatic nitrogens is 1. The first kappa shape index (κ1) is 7.35. The van der Waals surface area contributed by atoms with Crippen LogP contribution in [0.25, 0.3) is 11.0 Å². The van der Waals surface area contributed by atoms with Crippen molar-refractivity contribution < 1.29 is 4.52 Å². The topological polar surface area (TPSA) is 26.0 Å². The number of benzene rings is 1. The van der Waals surface area contributed by atoms with E-state index in [0.29, 0.717) is 5.92 Å². The fourth-order valence-electron chi connectivity index (χ4n) is 1.24. The summed E-state index contributed by atoms with van der Waals surface area (Å²) in [6.45, 7) is 4.19. The Morgan fingerprint density at radius 3 is 3.08 bits per heavy atom. The molecule has 1 aromatic carbocycles. The van der Waals surface area contributed by atoms with Crippen LogP contribution in [0.3, 0.4) is 0 Å². The molecule has 2 nitrogen and oxygen atoms in total. The van der Waals surface area contributed by atoms with Crippen LogP contribution in [-0.4, -0.2) is 5.16 Å². The minimum atomic E-state index is 0.393. The van der Waals surface area contributed by atoms with Gasteiger partial charge in [0.2, 0.25) is 0 Å². The van der Waals surface area contributed by atoms with E-state index in [2.05, 4.69) is 25.1 Å². The zero-order valence-corrected chi connectivity index (χ0v) is 7.16. The van der Waals surface area contributed by atoms with E-state index < -0.39 is 0 Å². The van der Waals surface area contributed by atoms with Gasteiger partial charge < -0.3 is 4.52 Å². The third-order valence-corrected chi connectivity index (χ3v) is 1.86. The fraction of sp³-hybridized carbons (Fsp3) is 0.300. The van der Waals surface area contributed by atoms with Gasteiger partial charge in [-0.15, -0.1) is 0 Å². The van der Waals surface area contributed by atoms with Gasteiger partial charge in [0.1, 0.15) is 0 Å². The number of rotatable bonds is 1. The molecule has 2 rings (SSSR count). The highest BCUT2D eigenvalue weighted by molar-refractivity contribution is 5.78. The average molecular weight is 160 g/mol. The predicted molar refractivity (Wildman–Crippen MR) is 46.9 cm³/mol. The monoisotopic (exact) mass is 160 g/mol. The van der Waals surface area contributed by atoms with Crippen LogP contribution in [-0.2, 0) is 0 Å². The molecule has 0 N–H and O–H groups in total. The van der Waals surface area contributed by atoms with Gasteiger partial charge in [-0.1, -0.05) is 31.1 Å². The van der Waals surface area contributed by atoms with E-state index in [4.69, 9.17) is 4.52 Å². The van der Waals surface area contributed by atoms with Crippen molar-refractivity contribution in [3.8, 4) is 0 Å². The SMILES string of the molecule is CC(C)c1noc2ccc[c]c12. The van der Waals surface area contributed by atoms with E-state index in [1.54, 1.807) is 0 Å². The average Bonchev–Trinajstić information content (AvgIpc) is 2.47. The number of hydrogen-bond donors (Lipinski definition) is 0.